The summed E-state index contributed by atoms with van der Waals surface area (Å²) in [7, 11) is 0. The topological polar surface area (TPSA) is 29.4 Å². The second-order valence-corrected chi connectivity index (χ2v) is 4.66. The molecule has 1 fully saturated rings. The number of nitrogens with zero attached hydrogens (tertiary/aromatic N) is 1. The van der Waals surface area contributed by atoms with E-state index in [-0.39, 0.29) is 5.82 Å². The minimum Gasteiger partial charge on any atom is -0.211 e. The van der Waals surface area contributed by atoms with E-state index >= 15 is 0 Å². The summed E-state index contributed by atoms with van der Waals surface area (Å²) < 4.78 is 13.9. The maximum absolute atomic E-state index is 13.2. The Morgan fingerprint density at radius 3 is 2.60 bits per heavy atom. The van der Waals surface area contributed by atoms with Crippen LogP contribution in [0.15, 0.2) is 27.7 Å². The van der Waals surface area contributed by atoms with E-state index in [0.717, 1.165) is 24.8 Å². The van der Waals surface area contributed by atoms with E-state index in [4.69, 9.17) is 0 Å². The molecule has 15 heavy (non-hydrogen) atoms. The Balaban J connectivity index is 2.47. The predicted molar refractivity (Wildman–Crippen MR) is 57.8 cm³/mol. The third-order valence-electron chi connectivity index (χ3n) is 2.84. The zero-order chi connectivity index (χ0) is 10.9. The summed E-state index contributed by atoms with van der Waals surface area (Å²) in [6.45, 7) is 0. The molecule has 0 heterocycles. The molecule has 0 unspecified atom stereocenters. The van der Waals surface area contributed by atoms with Gasteiger partial charge in [-0.05, 0) is 43.0 Å². The van der Waals surface area contributed by atoms with Crippen molar-refractivity contribution >= 4 is 22.0 Å². The highest BCUT2D eigenvalue weighted by Gasteiger charge is 2.39. The van der Waals surface area contributed by atoms with Gasteiger partial charge in [0, 0.05) is 4.47 Å². The van der Waals surface area contributed by atoms with Crippen LogP contribution in [0.5, 0.6) is 0 Å². The third-order valence-corrected chi connectivity index (χ3v) is 3.30. The van der Waals surface area contributed by atoms with E-state index in [9.17, 15) is 9.18 Å². The van der Waals surface area contributed by atoms with Gasteiger partial charge in [0.05, 0.1) is 5.54 Å². The van der Waals surface area contributed by atoms with Crippen LogP contribution in [-0.4, -0.2) is 6.08 Å². The fourth-order valence-electron chi connectivity index (χ4n) is 1.89. The molecule has 0 amide bonds. The number of hydrogen-bond donors (Lipinski definition) is 0. The molecule has 0 radical (unpaired) electrons. The first-order chi connectivity index (χ1) is 7.16. The fourth-order valence-corrected chi connectivity index (χ4v) is 2.35. The molecular weight excluding hydrogens is 261 g/mol. The normalized spacial score (nSPS) is 17.7. The molecule has 2 rings (SSSR count). The molecule has 1 aliphatic carbocycles. The molecule has 0 aromatic heterocycles. The lowest BCUT2D eigenvalue weighted by Gasteiger charge is -2.37. The number of benzene rings is 1. The SMILES string of the molecule is O=C=NC1(c2cc(F)cc(Br)c2)CCC1. The molecule has 0 atom stereocenters. The molecule has 4 heteroatoms. The largest absolute Gasteiger partial charge is 0.235 e. The van der Waals surface area contributed by atoms with Gasteiger partial charge >= 0.3 is 0 Å². The minimum absolute atomic E-state index is 0.313. The van der Waals surface area contributed by atoms with Crippen molar-refractivity contribution in [2.45, 2.75) is 24.8 Å². The van der Waals surface area contributed by atoms with Crippen molar-refractivity contribution in [3.8, 4) is 0 Å². The monoisotopic (exact) mass is 269 g/mol. The van der Waals surface area contributed by atoms with Crippen molar-refractivity contribution in [1.29, 1.82) is 0 Å². The van der Waals surface area contributed by atoms with Gasteiger partial charge in [0.1, 0.15) is 5.82 Å². The quantitative estimate of drug-likeness (QED) is 0.598. The summed E-state index contributed by atoms with van der Waals surface area (Å²) in [5.41, 5.74) is 0.232. The van der Waals surface area contributed by atoms with Crippen molar-refractivity contribution < 1.29 is 9.18 Å². The van der Waals surface area contributed by atoms with E-state index < -0.39 is 5.54 Å². The van der Waals surface area contributed by atoms with E-state index in [2.05, 4.69) is 20.9 Å². The average Bonchev–Trinajstić information content (AvgIpc) is 2.09. The number of halogens is 2. The molecule has 2 nitrogen and oxygen atoms in total. The summed E-state index contributed by atoms with van der Waals surface area (Å²) in [5, 5.41) is 0. The Kier molecular flexibility index (Phi) is 2.72. The zero-order valence-electron chi connectivity index (χ0n) is 7.96. The summed E-state index contributed by atoms with van der Waals surface area (Å²) in [5.74, 6) is -0.313. The first-order valence-electron chi connectivity index (χ1n) is 4.72. The maximum Gasteiger partial charge on any atom is 0.235 e. The Hall–Kier alpha value is -0.990. The number of hydrogen-bond acceptors (Lipinski definition) is 2. The minimum atomic E-state index is -0.521. The smallest absolute Gasteiger partial charge is 0.211 e. The third kappa shape index (κ3) is 1.87. The highest BCUT2D eigenvalue weighted by atomic mass is 79.9. The lowest BCUT2D eigenvalue weighted by molar-refractivity contribution is 0.255. The molecule has 0 saturated heterocycles. The van der Waals surface area contributed by atoms with Gasteiger partial charge in [-0.1, -0.05) is 15.9 Å². The molecule has 78 valence electrons. The summed E-state index contributed by atoms with van der Waals surface area (Å²) in [6.07, 6.45) is 4.18. The second kappa shape index (κ2) is 3.87. The highest BCUT2D eigenvalue weighted by Crippen LogP contribution is 2.45. The standard InChI is InChI=1S/C11H9BrFNO/c12-9-4-8(5-10(13)6-9)11(14-7-15)2-1-3-11/h4-6H,1-3H2. The lowest BCUT2D eigenvalue weighted by atomic mass is 9.72. The van der Waals surface area contributed by atoms with Gasteiger partial charge in [-0.15, -0.1) is 0 Å². The molecule has 1 aliphatic rings. The highest BCUT2D eigenvalue weighted by molar-refractivity contribution is 9.10. The fraction of sp³-hybridized carbons (Fsp3) is 0.364. The summed E-state index contributed by atoms with van der Waals surface area (Å²) in [6, 6.07) is 4.63. The molecule has 1 aromatic rings. The number of rotatable bonds is 2. The van der Waals surface area contributed by atoms with Gasteiger partial charge in [0.15, 0.2) is 0 Å². The predicted octanol–water partition coefficient (Wildman–Crippen LogP) is 3.30. The molecular formula is C11H9BrFNO. The average molecular weight is 270 g/mol. The van der Waals surface area contributed by atoms with Gasteiger partial charge in [0.2, 0.25) is 6.08 Å². The lowest BCUT2D eigenvalue weighted by Crippen LogP contribution is -2.31. The van der Waals surface area contributed by atoms with Crippen LogP contribution in [0.3, 0.4) is 0 Å². The molecule has 0 bridgehead atoms. The van der Waals surface area contributed by atoms with Gasteiger partial charge in [-0.3, -0.25) is 0 Å². The van der Waals surface area contributed by atoms with Crippen molar-refractivity contribution in [2.75, 3.05) is 0 Å². The second-order valence-electron chi connectivity index (χ2n) is 3.75. The number of carbonyl (C=O) groups excluding carboxylic acids is 1. The van der Waals surface area contributed by atoms with E-state index in [0.29, 0.717) is 4.47 Å². The van der Waals surface area contributed by atoms with Crippen molar-refractivity contribution in [3.63, 3.8) is 0 Å². The van der Waals surface area contributed by atoms with Crippen LogP contribution in [0.25, 0.3) is 0 Å². The zero-order valence-corrected chi connectivity index (χ0v) is 9.55. The maximum atomic E-state index is 13.2. The van der Waals surface area contributed by atoms with Crippen LogP contribution in [-0.2, 0) is 10.3 Å². The summed E-state index contributed by atoms with van der Waals surface area (Å²) in [4.78, 5) is 14.2. The first-order valence-corrected chi connectivity index (χ1v) is 5.51. The van der Waals surface area contributed by atoms with Crippen LogP contribution in [0.2, 0.25) is 0 Å². The van der Waals surface area contributed by atoms with E-state index in [1.54, 1.807) is 6.08 Å². The van der Waals surface area contributed by atoms with Gasteiger partial charge in [-0.25, -0.2) is 9.18 Å². The van der Waals surface area contributed by atoms with Gasteiger partial charge < -0.3 is 0 Å². The van der Waals surface area contributed by atoms with E-state index in [1.807, 2.05) is 6.07 Å². The molecule has 1 saturated carbocycles. The van der Waals surface area contributed by atoms with Crippen LogP contribution < -0.4 is 0 Å². The number of isocyanates is 1. The Morgan fingerprint density at radius 2 is 2.13 bits per heavy atom. The Morgan fingerprint density at radius 1 is 1.40 bits per heavy atom. The molecule has 0 N–H and O–H groups in total. The van der Waals surface area contributed by atoms with Crippen LogP contribution in [0, 0.1) is 5.82 Å². The summed E-state index contributed by atoms with van der Waals surface area (Å²) >= 11 is 3.23. The van der Waals surface area contributed by atoms with Crippen LogP contribution in [0.4, 0.5) is 4.39 Å². The first kappa shape index (κ1) is 10.5. The van der Waals surface area contributed by atoms with Gasteiger partial charge in [-0.2, -0.15) is 4.99 Å². The Labute approximate surface area is 95.3 Å². The molecule has 1 aromatic carbocycles. The molecule has 0 spiro atoms. The van der Waals surface area contributed by atoms with Crippen molar-refractivity contribution in [2.24, 2.45) is 4.99 Å². The van der Waals surface area contributed by atoms with Crippen molar-refractivity contribution in [3.05, 3.63) is 34.1 Å². The van der Waals surface area contributed by atoms with E-state index in [1.165, 1.54) is 12.1 Å². The molecule has 0 aliphatic heterocycles. The van der Waals surface area contributed by atoms with Gasteiger partial charge in [0.25, 0.3) is 0 Å². The van der Waals surface area contributed by atoms with Crippen molar-refractivity contribution in [1.82, 2.24) is 0 Å². The van der Waals surface area contributed by atoms with Crippen LogP contribution >= 0.6 is 15.9 Å². The number of aliphatic imine (C=N–C) groups is 1. The Bertz CT molecular complexity index is 416. The van der Waals surface area contributed by atoms with Crippen LogP contribution in [0.1, 0.15) is 24.8 Å².